The standard InChI is InChI=1S/C9H10N4O/c10-13-9(7-1-4-14-6-7)8-5-11-2-3-12-8/h1-6,9,13H,10H2. The Kier molecular flexibility index (Phi) is 2.53. The van der Waals surface area contributed by atoms with E-state index in [1.807, 2.05) is 6.07 Å². The fourth-order valence-corrected chi connectivity index (χ4v) is 1.25. The van der Waals surface area contributed by atoms with Crippen molar-refractivity contribution in [3.63, 3.8) is 0 Å². The molecule has 0 fully saturated rings. The van der Waals surface area contributed by atoms with E-state index in [-0.39, 0.29) is 6.04 Å². The predicted molar refractivity (Wildman–Crippen MR) is 49.9 cm³/mol. The average Bonchev–Trinajstić information content (AvgIpc) is 2.74. The van der Waals surface area contributed by atoms with Gasteiger partial charge in [0.25, 0.3) is 0 Å². The Morgan fingerprint density at radius 2 is 2.36 bits per heavy atom. The van der Waals surface area contributed by atoms with E-state index in [2.05, 4.69) is 15.4 Å². The predicted octanol–water partition coefficient (Wildman–Crippen LogP) is 0.622. The molecule has 1 unspecified atom stereocenters. The summed E-state index contributed by atoms with van der Waals surface area (Å²) >= 11 is 0. The molecule has 5 heteroatoms. The van der Waals surface area contributed by atoms with Crippen LogP contribution in [0.15, 0.2) is 41.6 Å². The molecule has 2 rings (SSSR count). The summed E-state index contributed by atoms with van der Waals surface area (Å²) in [6.45, 7) is 0. The van der Waals surface area contributed by atoms with Gasteiger partial charge in [-0.1, -0.05) is 0 Å². The van der Waals surface area contributed by atoms with Gasteiger partial charge in [0.15, 0.2) is 0 Å². The van der Waals surface area contributed by atoms with Gasteiger partial charge in [0, 0.05) is 18.0 Å². The third-order valence-electron chi connectivity index (χ3n) is 1.92. The van der Waals surface area contributed by atoms with Gasteiger partial charge >= 0.3 is 0 Å². The minimum Gasteiger partial charge on any atom is -0.472 e. The molecule has 0 amide bonds. The van der Waals surface area contributed by atoms with Crippen LogP contribution in [0.4, 0.5) is 0 Å². The lowest BCUT2D eigenvalue weighted by Crippen LogP contribution is -2.29. The highest BCUT2D eigenvalue weighted by atomic mass is 16.3. The second kappa shape index (κ2) is 3.99. The third kappa shape index (κ3) is 1.63. The summed E-state index contributed by atoms with van der Waals surface area (Å²) in [7, 11) is 0. The molecule has 2 aromatic heterocycles. The van der Waals surface area contributed by atoms with E-state index in [0.29, 0.717) is 0 Å². The number of nitrogens with zero attached hydrogens (tertiary/aromatic N) is 2. The van der Waals surface area contributed by atoms with Crippen LogP contribution in [0.25, 0.3) is 0 Å². The highest BCUT2D eigenvalue weighted by molar-refractivity contribution is 5.21. The van der Waals surface area contributed by atoms with Crippen LogP contribution in [0.1, 0.15) is 17.3 Å². The summed E-state index contributed by atoms with van der Waals surface area (Å²) in [6.07, 6.45) is 8.12. The van der Waals surface area contributed by atoms with Crippen molar-refractivity contribution in [1.82, 2.24) is 15.4 Å². The summed E-state index contributed by atoms with van der Waals surface area (Å²) in [6, 6.07) is 1.65. The molecule has 72 valence electrons. The Hall–Kier alpha value is -1.72. The van der Waals surface area contributed by atoms with Crippen LogP contribution in [0.5, 0.6) is 0 Å². The van der Waals surface area contributed by atoms with Crippen molar-refractivity contribution in [2.75, 3.05) is 0 Å². The van der Waals surface area contributed by atoms with Crippen LogP contribution in [-0.2, 0) is 0 Å². The van der Waals surface area contributed by atoms with Crippen molar-refractivity contribution < 1.29 is 4.42 Å². The summed E-state index contributed by atoms with van der Waals surface area (Å²) in [4.78, 5) is 8.13. The molecule has 0 spiro atoms. The molecule has 0 aliphatic heterocycles. The van der Waals surface area contributed by atoms with Crippen molar-refractivity contribution in [2.45, 2.75) is 6.04 Å². The molecule has 0 saturated heterocycles. The zero-order valence-corrected chi connectivity index (χ0v) is 7.42. The number of rotatable bonds is 3. The van der Waals surface area contributed by atoms with E-state index >= 15 is 0 Å². The highest BCUT2D eigenvalue weighted by Gasteiger charge is 2.14. The van der Waals surface area contributed by atoms with Gasteiger partial charge in [0.1, 0.15) is 0 Å². The molecule has 0 radical (unpaired) electrons. The van der Waals surface area contributed by atoms with Crippen molar-refractivity contribution in [3.05, 3.63) is 48.4 Å². The first kappa shape index (κ1) is 8.86. The maximum absolute atomic E-state index is 5.44. The molecule has 0 aliphatic carbocycles. The number of hydrogen-bond donors (Lipinski definition) is 2. The number of furan rings is 1. The van der Waals surface area contributed by atoms with E-state index in [1.54, 1.807) is 31.1 Å². The molecule has 1 atom stereocenters. The summed E-state index contributed by atoms with van der Waals surface area (Å²) in [5.74, 6) is 5.44. The summed E-state index contributed by atoms with van der Waals surface area (Å²) in [5.41, 5.74) is 4.34. The molecule has 5 nitrogen and oxygen atoms in total. The number of hydrogen-bond acceptors (Lipinski definition) is 5. The van der Waals surface area contributed by atoms with Crippen LogP contribution in [0, 0.1) is 0 Å². The van der Waals surface area contributed by atoms with Crippen molar-refractivity contribution in [3.8, 4) is 0 Å². The van der Waals surface area contributed by atoms with Crippen LogP contribution >= 0.6 is 0 Å². The van der Waals surface area contributed by atoms with Gasteiger partial charge in [-0.3, -0.25) is 15.8 Å². The van der Waals surface area contributed by atoms with Crippen molar-refractivity contribution in [2.24, 2.45) is 5.84 Å². The second-order valence-corrected chi connectivity index (χ2v) is 2.79. The first-order valence-electron chi connectivity index (χ1n) is 4.16. The van der Waals surface area contributed by atoms with Gasteiger partial charge in [-0.2, -0.15) is 0 Å². The number of nitrogens with two attached hydrogens (primary N) is 1. The van der Waals surface area contributed by atoms with Crippen molar-refractivity contribution >= 4 is 0 Å². The monoisotopic (exact) mass is 190 g/mol. The fourth-order valence-electron chi connectivity index (χ4n) is 1.25. The fraction of sp³-hybridized carbons (Fsp3) is 0.111. The molecule has 3 N–H and O–H groups in total. The lowest BCUT2D eigenvalue weighted by Gasteiger charge is -2.11. The Morgan fingerprint density at radius 3 is 2.93 bits per heavy atom. The second-order valence-electron chi connectivity index (χ2n) is 2.79. The van der Waals surface area contributed by atoms with Gasteiger partial charge < -0.3 is 4.42 Å². The van der Waals surface area contributed by atoms with Crippen LogP contribution < -0.4 is 11.3 Å². The Balaban J connectivity index is 2.31. The molecule has 0 saturated carbocycles. The molecule has 2 heterocycles. The maximum atomic E-state index is 5.44. The van der Waals surface area contributed by atoms with Crippen LogP contribution in [0.3, 0.4) is 0 Å². The SMILES string of the molecule is NNC(c1ccoc1)c1cnccn1. The molecular formula is C9H10N4O. The lowest BCUT2D eigenvalue weighted by molar-refractivity contribution is 0.550. The number of aromatic nitrogens is 2. The average molecular weight is 190 g/mol. The Labute approximate surface area is 80.9 Å². The quantitative estimate of drug-likeness (QED) is 0.548. The smallest absolute Gasteiger partial charge is 0.0954 e. The van der Waals surface area contributed by atoms with E-state index in [4.69, 9.17) is 10.3 Å². The third-order valence-corrected chi connectivity index (χ3v) is 1.92. The number of nitrogens with one attached hydrogen (secondary N) is 1. The van der Waals surface area contributed by atoms with Crippen LogP contribution in [0.2, 0.25) is 0 Å². The normalized spacial score (nSPS) is 12.6. The van der Waals surface area contributed by atoms with Gasteiger partial charge in [0.2, 0.25) is 0 Å². The zero-order valence-electron chi connectivity index (χ0n) is 7.42. The van der Waals surface area contributed by atoms with Gasteiger partial charge in [0.05, 0.1) is 30.5 Å². The Morgan fingerprint density at radius 1 is 1.43 bits per heavy atom. The largest absolute Gasteiger partial charge is 0.472 e. The molecule has 14 heavy (non-hydrogen) atoms. The summed E-state index contributed by atoms with van der Waals surface area (Å²) in [5, 5.41) is 0. The van der Waals surface area contributed by atoms with E-state index in [0.717, 1.165) is 11.3 Å². The van der Waals surface area contributed by atoms with E-state index in [9.17, 15) is 0 Å². The number of hydrazine groups is 1. The molecule has 0 aliphatic rings. The van der Waals surface area contributed by atoms with Crippen LogP contribution in [-0.4, -0.2) is 9.97 Å². The van der Waals surface area contributed by atoms with Gasteiger partial charge in [-0.25, -0.2) is 5.43 Å². The van der Waals surface area contributed by atoms with E-state index in [1.165, 1.54) is 0 Å². The van der Waals surface area contributed by atoms with Gasteiger partial charge in [-0.15, -0.1) is 0 Å². The molecule has 0 bridgehead atoms. The lowest BCUT2D eigenvalue weighted by atomic mass is 10.1. The summed E-state index contributed by atoms with van der Waals surface area (Å²) < 4.78 is 4.98. The van der Waals surface area contributed by atoms with E-state index < -0.39 is 0 Å². The van der Waals surface area contributed by atoms with Gasteiger partial charge in [-0.05, 0) is 6.07 Å². The maximum Gasteiger partial charge on any atom is 0.0954 e. The van der Waals surface area contributed by atoms with Crippen molar-refractivity contribution in [1.29, 1.82) is 0 Å². The minimum absolute atomic E-state index is 0.178. The molecule has 2 aromatic rings. The minimum atomic E-state index is -0.178. The first-order valence-corrected chi connectivity index (χ1v) is 4.16. The Bertz CT molecular complexity index is 373. The first-order chi connectivity index (χ1) is 6.92. The highest BCUT2D eigenvalue weighted by Crippen LogP contribution is 2.18. The zero-order chi connectivity index (χ0) is 9.80. The molecular weight excluding hydrogens is 180 g/mol. The molecule has 0 aromatic carbocycles. The topological polar surface area (TPSA) is 77.0 Å².